The molecule has 0 radical (unpaired) electrons. The van der Waals surface area contributed by atoms with E-state index in [0.717, 1.165) is 15.0 Å². The van der Waals surface area contributed by atoms with E-state index in [4.69, 9.17) is 4.74 Å². The highest BCUT2D eigenvalue weighted by atomic mass is 79.9. The summed E-state index contributed by atoms with van der Waals surface area (Å²) in [6.45, 7) is 4.52. The fourth-order valence-electron chi connectivity index (χ4n) is 1.48. The summed E-state index contributed by atoms with van der Waals surface area (Å²) in [6.07, 6.45) is 0. The fourth-order valence-corrected chi connectivity index (χ4v) is 2.91. The average Bonchev–Trinajstić information content (AvgIpc) is 2.88. The largest absolute Gasteiger partial charge is 0.461 e. The van der Waals surface area contributed by atoms with Crippen LogP contribution in [0.15, 0.2) is 15.9 Å². The molecule has 2 heterocycles. The van der Waals surface area contributed by atoms with Crippen LogP contribution in [0.25, 0.3) is 0 Å². The van der Waals surface area contributed by atoms with E-state index in [2.05, 4.69) is 26.2 Å². The molecule has 2 aromatic rings. The van der Waals surface area contributed by atoms with Crippen LogP contribution in [-0.4, -0.2) is 27.6 Å². The van der Waals surface area contributed by atoms with Crippen molar-refractivity contribution in [2.45, 2.75) is 20.4 Å². The highest BCUT2D eigenvalue weighted by molar-refractivity contribution is 9.10. The van der Waals surface area contributed by atoms with Gasteiger partial charge in [0, 0.05) is 14.7 Å². The van der Waals surface area contributed by atoms with Crippen LogP contribution in [0.4, 0.5) is 0 Å². The molecule has 0 spiro atoms. The number of aromatic nitrogens is 3. The van der Waals surface area contributed by atoms with Gasteiger partial charge in [0.2, 0.25) is 0 Å². The lowest BCUT2D eigenvalue weighted by molar-refractivity contribution is 0.0518. The van der Waals surface area contributed by atoms with Gasteiger partial charge < -0.3 is 4.74 Å². The summed E-state index contributed by atoms with van der Waals surface area (Å²) < 4.78 is 7.66. The summed E-state index contributed by atoms with van der Waals surface area (Å²) in [6, 6.07) is 2.02. The average molecular weight is 330 g/mol. The second-order valence-electron chi connectivity index (χ2n) is 3.63. The Balaban J connectivity index is 2.18. The molecule has 0 amide bonds. The normalized spacial score (nSPS) is 10.6. The third kappa shape index (κ3) is 2.78. The molecule has 18 heavy (non-hydrogen) atoms. The Labute approximate surface area is 117 Å². The molecule has 0 aromatic carbocycles. The number of carbonyl (C=O) groups is 1. The Morgan fingerprint density at radius 2 is 2.39 bits per heavy atom. The van der Waals surface area contributed by atoms with Gasteiger partial charge in [-0.05, 0) is 35.8 Å². The molecule has 0 aliphatic rings. The summed E-state index contributed by atoms with van der Waals surface area (Å²) in [5, 5.41) is 9.86. The van der Waals surface area contributed by atoms with E-state index in [1.54, 1.807) is 22.9 Å². The highest BCUT2D eigenvalue weighted by Gasteiger charge is 2.17. The zero-order valence-corrected chi connectivity index (χ0v) is 12.4. The van der Waals surface area contributed by atoms with E-state index in [9.17, 15) is 4.79 Å². The number of ether oxygens (including phenoxy) is 1. The van der Waals surface area contributed by atoms with Crippen molar-refractivity contribution >= 4 is 33.2 Å². The third-order valence-corrected chi connectivity index (χ3v) is 4.06. The van der Waals surface area contributed by atoms with E-state index < -0.39 is 5.97 Å². The molecule has 2 rings (SSSR count). The van der Waals surface area contributed by atoms with Crippen LogP contribution in [0, 0.1) is 6.92 Å². The number of hydrogen-bond donors (Lipinski definition) is 0. The fraction of sp³-hybridized carbons (Fsp3) is 0.364. The first-order valence-electron chi connectivity index (χ1n) is 5.42. The Morgan fingerprint density at radius 1 is 1.61 bits per heavy atom. The monoisotopic (exact) mass is 329 g/mol. The van der Waals surface area contributed by atoms with Gasteiger partial charge in [0.1, 0.15) is 0 Å². The lowest BCUT2D eigenvalue weighted by Gasteiger charge is -2.01. The van der Waals surface area contributed by atoms with Gasteiger partial charge >= 0.3 is 5.97 Å². The van der Waals surface area contributed by atoms with Crippen LogP contribution in [0.5, 0.6) is 0 Å². The van der Waals surface area contributed by atoms with E-state index >= 15 is 0 Å². The van der Waals surface area contributed by atoms with Crippen LogP contribution in [0.2, 0.25) is 0 Å². The van der Waals surface area contributed by atoms with Crippen LogP contribution in [-0.2, 0) is 11.3 Å². The van der Waals surface area contributed by atoms with Gasteiger partial charge in [-0.15, -0.1) is 16.4 Å². The predicted octanol–water partition coefficient (Wildman–Crippen LogP) is 2.64. The van der Waals surface area contributed by atoms with Gasteiger partial charge in [-0.1, -0.05) is 5.21 Å². The lowest BCUT2D eigenvalue weighted by atomic mass is 10.3. The van der Waals surface area contributed by atoms with Crippen molar-refractivity contribution in [1.82, 2.24) is 15.0 Å². The first-order chi connectivity index (χ1) is 8.61. The van der Waals surface area contributed by atoms with Gasteiger partial charge in [0.05, 0.1) is 18.8 Å². The second kappa shape index (κ2) is 5.62. The molecule has 0 aliphatic carbocycles. The first kappa shape index (κ1) is 13.2. The molecular formula is C11H12BrN3O2S. The molecule has 96 valence electrons. The minimum absolute atomic E-state index is 0.285. The Hall–Kier alpha value is -1.21. The molecule has 0 aliphatic heterocycles. The Morgan fingerprint density at radius 3 is 3.00 bits per heavy atom. The van der Waals surface area contributed by atoms with E-state index in [-0.39, 0.29) is 5.69 Å². The van der Waals surface area contributed by atoms with Crippen LogP contribution in [0.1, 0.15) is 28.0 Å². The predicted molar refractivity (Wildman–Crippen MR) is 71.8 cm³/mol. The SMILES string of the molecule is CCOC(=O)c1nnn(Cc2cc(Br)cs2)c1C. The number of nitrogens with zero attached hydrogens (tertiary/aromatic N) is 3. The molecule has 0 bridgehead atoms. The number of esters is 1. The van der Waals surface area contributed by atoms with Gasteiger partial charge in [-0.2, -0.15) is 0 Å². The van der Waals surface area contributed by atoms with Gasteiger partial charge in [0.25, 0.3) is 0 Å². The van der Waals surface area contributed by atoms with Crippen molar-refractivity contribution in [3.8, 4) is 0 Å². The van der Waals surface area contributed by atoms with E-state index in [1.165, 1.54) is 0 Å². The van der Waals surface area contributed by atoms with Crippen LogP contribution < -0.4 is 0 Å². The zero-order valence-electron chi connectivity index (χ0n) is 10.0. The lowest BCUT2D eigenvalue weighted by Crippen LogP contribution is -2.08. The van der Waals surface area contributed by atoms with Gasteiger partial charge in [-0.3, -0.25) is 0 Å². The van der Waals surface area contributed by atoms with Crippen molar-refractivity contribution < 1.29 is 9.53 Å². The molecule has 7 heteroatoms. The minimum atomic E-state index is -0.423. The molecule has 0 N–H and O–H groups in total. The third-order valence-electron chi connectivity index (χ3n) is 2.38. The number of halogens is 1. The molecule has 5 nitrogen and oxygen atoms in total. The van der Waals surface area contributed by atoms with Crippen molar-refractivity contribution in [3.63, 3.8) is 0 Å². The molecule has 0 unspecified atom stereocenters. The van der Waals surface area contributed by atoms with Crippen LogP contribution >= 0.6 is 27.3 Å². The molecule has 0 fully saturated rings. The van der Waals surface area contributed by atoms with E-state index in [1.807, 2.05) is 18.4 Å². The molecule has 0 saturated carbocycles. The quantitative estimate of drug-likeness (QED) is 0.809. The molecular weight excluding hydrogens is 318 g/mol. The van der Waals surface area contributed by atoms with Crippen LogP contribution in [0.3, 0.4) is 0 Å². The zero-order chi connectivity index (χ0) is 13.1. The number of carbonyl (C=O) groups excluding carboxylic acids is 1. The first-order valence-corrected chi connectivity index (χ1v) is 7.09. The van der Waals surface area contributed by atoms with E-state index in [0.29, 0.717) is 13.2 Å². The summed E-state index contributed by atoms with van der Waals surface area (Å²) in [7, 11) is 0. The Bertz CT molecular complexity index is 564. The van der Waals surface area contributed by atoms with Crippen molar-refractivity contribution in [1.29, 1.82) is 0 Å². The molecule has 0 saturated heterocycles. The molecule has 0 atom stereocenters. The summed E-state index contributed by atoms with van der Waals surface area (Å²) >= 11 is 5.03. The summed E-state index contributed by atoms with van der Waals surface area (Å²) in [5.74, 6) is -0.423. The van der Waals surface area contributed by atoms with Gasteiger partial charge in [0.15, 0.2) is 5.69 Å². The highest BCUT2D eigenvalue weighted by Crippen LogP contribution is 2.21. The molecule has 2 aromatic heterocycles. The smallest absolute Gasteiger partial charge is 0.360 e. The summed E-state index contributed by atoms with van der Waals surface area (Å²) in [5.41, 5.74) is 1.01. The second-order valence-corrected chi connectivity index (χ2v) is 5.54. The topological polar surface area (TPSA) is 57.0 Å². The number of rotatable bonds is 4. The van der Waals surface area contributed by atoms with Crippen molar-refractivity contribution in [2.24, 2.45) is 0 Å². The Kier molecular flexibility index (Phi) is 4.13. The van der Waals surface area contributed by atoms with Crippen molar-refractivity contribution in [2.75, 3.05) is 6.61 Å². The van der Waals surface area contributed by atoms with Crippen molar-refractivity contribution in [3.05, 3.63) is 32.2 Å². The standard InChI is InChI=1S/C11H12BrN3O2S/c1-3-17-11(16)10-7(2)15(14-13-10)5-9-4-8(12)6-18-9/h4,6H,3,5H2,1-2H3. The van der Waals surface area contributed by atoms with Gasteiger partial charge in [-0.25, -0.2) is 9.48 Å². The maximum absolute atomic E-state index is 11.6. The number of hydrogen-bond acceptors (Lipinski definition) is 5. The minimum Gasteiger partial charge on any atom is -0.461 e. The summed E-state index contributed by atoms with van der Waals surface area (Å²) in [4.78, 5) is 12.7. The number of thiophene rings is 1. The maximum Gasteiger partial charge on any atom is 0.360 e. The maximum atomic E-state index is 11.6.